The quantitative estimate of drug-likeness (QED) is 0.788. The van der Waals surface area contributed by atoms with Crippen LogP contribution >= 0.6 is 0 Å². The van der Waals surface area contributed by atoms with E-state index >= 15 is 0 Å². The van der Waals surface area contributed by atoms with Crippen LogP contribution in [-0.2, 0) is 0 Å². The predicted octanol–water partition coefficient (Wildman–Crippen LogP) is 2.15. The van der Waals surface area contributed by atoms with E-state index < -0.39 is 0 Å². The van der Waals surface area contributed by atoms with Gasteiger partial charge in [0.25, 0.3) is 0 Å². The van der Waals surface area contributed by atoms with Crippen LogP contribution in [0.5, 0.6) is 17.2 Å². The molecule has 0 unspecified atom stereocenters. The lowest BCUT2D eigenvalue weighted by atomic mass is 10.3. The molecule has 0 N–H and O–H groups in total. The van der Waals surface area contributed by atoms with E-state index in [-0.39, 0.29) is 0 Å². The smallest absolute Gasteiger partial charge is 0.163 e. The Morgan fingerprint density at radius 3 is 2.12 bits per heavy atom. The summed E-state index contributed by atoms with van der Waals surface area (Å²) in [4.78, 5) is 5.53. The zero-order valence-corrected chi connectivity index (χ0v) is 9.14. The molecule has 0 saturated carbocycles. The summed E-state index contributed by atoms with van der Waals surface area (Å²) >= 11 is 0. The van der Waals surface area contributed by atoms with Crippen molar-refractivity contribution in [3.8, 4) is 17.2 Å². The molecule has 2 aromatic rings. The van der Waals surface area contributed by atoms with Crippen molar-refractivity contribution < 1.29 is 14.3 Å². The second-order valence-electron chi connectivity index (χ2n) is 3.11. The van der Waals surface area contributed by atoms with Gasteiger partial charge in [0.05, 0.1) is 20.4 Å². The third kappa shape index (κ3) is 2.28. The average molecular weight is 218 g/mol. The lowest BCUT2D eigenvalue weighted by Gasteiger charge is -2.09. The van der Waals surface area contributed by atoms with Crippen LogP contribution in [0, 0.1) is 6.07 Å². The molecular weight excluding hydrogens is 206 g/mol. The van der Waals surface area contributed by atoms with Crippen molar-refractivity contribution >= 4 is 0 Å². The number of methoxy groups -OCH3 is 2. The number of benzene rings is 1. The molecule has 1 radical (unpaired) electrons. The summed E-state index contributed by atoms with van der Waals surface area (Å²) < 4.78 is 11.8. The van der Waals surface area contributed by atoms with E-state index in [1.807, 2.05) is 0 Å². The summed E-state index contributed by atoms with van der Waals surface area (Å²) in [6, 6.07) is 9.99. The van der Waals surface area contributed by atoms with Gasteiger partial charge in [0, 0.05) is 30.5 Å². The summed E-state index contributed by atoms with van der Waals surface area (Å²) in [5.74, 6) is 2.01. The molecule has 0 bridgehead atoms. The van der Waals surface area contributed by atoms with Gasteiger partial charge in [-0.1, -0.05) is 0 Å². The molecule has 0 fully saturated rings. The molecule has 83 valence electrons. The van der Waals surface area contributed by atoms with Crippen molar-refractivity contribution in [2.24, 2.45) is 0 Å². The molecule has 1 aromatic heterocycles. The fraction of sp³-hybridized carbons (Fsp3) is 0.167. The minimum Gasteiger partial charge on any atom is -0.496 e. The Balaban J connectivity index is 2.26. The van der Waals surface area contributed by atoms with Crippen LogP contribution in [0.25, 0.3) is 0 Å². The molecule has 1 aromatic carbocycles. The number of hydrogen-bond donors (Lipinski definition) is 0. The second kappa shape index (κ2) is 4.61. The van der Waals surface area contributed by atoms with Gasteiger partial charge in [0.2, 0.25) is 0 Å². The van der Waals surface area contributed by atoms with Crippen molar-refractivity contribution in [1.82, 2.24) is 4.73 Å². The fourth-order valence-electron chi connectivity index (χ4n) is 1.29. The standard InChI is InChI=1S/C12H12NO3/c1-14-10-7-11(15-2)9-12(8-10)16-13-5-3-4-6-13/h3,5-9H,1-2H3. The molecule has 0 amide bonds. The van der Waals surface area contributed by atoms with Crippen LogP contribution in [0.1, 0.15) is 0 Å². The summed E-state index contributed by atoms with van der Waals surface area (Å²) in [5, 5.41) is 0. The Hall–Kier alpha value is -2.10. The molecule has 2 rings (SSSR count). The van der Waals surface area contributed by atoms with Gasteiger partial charge < -0.3 is 14.3 Å². The van der Waals surface area contributed by atoms with E-state index in [9.17, 15) is 0 Å². The number of rotatable bonds is 4. The van der Waals surface area contributed by atoms with Crippen molar-refractivity contribution in [3.05, 3.63) is 42.7 Å². The maximum Gasteiger partial charge on any atom is 0.163 e. The molecular formula is C12H12NO3. The molecule has 0 aliphatic carbocycles. The number of ether oxygens (including phenoxy) is 2. The lowest BCUT2D eigenvalue weighted by molar-refractivity contribution is 0.215. The summed E-state index contributed by atoms with van der Waals surface area (Å²) in [5.41, 5.74) is 0. The van der Waals surface area contributed by atoms with Gasteiger partial charge in [-0.05, 0) is 6.07 Å². The van der Waals surface area contributed by atoms with E-state index in [0.717, 1.165) is 0 Å². The Morgan fingerprint density at radius 2 is 1.62 bits per heavy atom. The second-order valence-corrected chi connectivity index (χ2v) is 3.11. The molecule has 16 heavy (non-hydrogen) atoms. The molecule has 4 heteroatoms. The number of nitrogens with zero attached hydrogens (tertiary/aromatic N) is 1. The zero-order chi connectivity index (χ0) is 11.4. The van der Waals surface area contributed by atoms with Gasteiger partial charge in [-0.15, -0.1) is 0 Å². The van der Waals surface area contributed by atoms with Gasteiger partial charge in [-0.25, -0.2) is 0 Å². The maximum atomic E-state index is 5.53. The third-order valence-corrected chi connectivity index (χ3v) is 2.06. The Morgan fingerprint density at radius 1 is 1.00 bits per heavy atom. The van der Waals surface area contributed by atoms with Crippen LogP contribution in [0.2, 0.25) is 0 Å². The lowest BCUT2D eigenvalue weighted by Crippen LogP contribution is -2.01. The van der Waals surface area contributed by atoms with Crippen LogP contribution in [0.3, 0.4) is 0 Å². The van der Waals surface area contributed by atoms with Crippen molar-refractivity contribution in [2.75, 3.05) is 14.2 Å². The normalized spacial score (nSPS) is 9.88. The first-order valence-electron chi connectivity index (χ1n) is 4.77. The Labute approximate surface area is 93.9 Å². The minimum atomic E-state index is 0.640. The van der Waals surface area contributed by atoms with E-state index in [4.69, 9.17) is 14.3 Å². The van der Waals surface area contributed by atoms with E-state index in [1.165, 1.54) is 0 Å². The first-order valence-corrected chi connectivity index (χ1v) is 4.77. The maximum absolute atomic E-state index is 5.53. The van der Waals surface area contributed by atoms with Gasteiger partial charge in [-0.3, -0.25) is 0 Å². The highest BCUT2D eigenvalue weighted by molar-refractivity contribution is 5.41. The van der Waals surface area contributed by atoms with Gasteiger partial charge in [0.1, 0.15) is 11.5 Å². The van der Waals surface area contributed by atoms with Crippen LogP contribution in [0.15, 0.2) is 36.7 Å². The van der Waals surface area contributed by atoms with Crippen molar-refractivity contribution in [3.63, 3.8) is 0 Å². The molecule has 1 heterocycles. The summed E-state index contributed by atoms with van der Waals surface area (Å²) in [6.07, 6.45) is 3.44. The van der Waals surface area contributed by atoms with Crippen LogP contribution in [0.4, 0.5) is 0 Å². The fourth-order valence-corrected chi connectivity index (χ4v) is 1.29. The van der Waals surface area contributed by atoms with Gasteiger partial charge >= 0.3 is 0 Å². The van der Waals surface area contributed by atoms with Crippen molar-refractivity contribution in [1.29, 1.82) is 0 Å². The first kappa shape index (κ1) is 10.4. The van der Waals surface area contributed by atoms with Crippen LogP contribution < -0.4 is 14.3 Å². The van der Waals surface area contributed by atoms with Crippen molar-refractivity contribution in [2.45, 2.75) is 0 Å². The van der Waals surface area contributed by atoms with Gasteiger partial charge in [-0.2, -0.15) is 4.73 Å². The summed E-state index contributed by atoms with van der Waals surface area (Å²) in [7, 11) is 3.20. The minimum absolute atomic E-state index is 0.640. The summed E-state index contributed by atoms with van der Waals surface area (Å²) in [6.45, 7) is 0. The highest BCUT2D eigenvalue weighted by Gasteiger charge is 2.03. The monoisotopic (exact) mass is 218 g/mol. The zero-order valence-electron chi connectivity index (χ0n) is 9.14. The first-order chi connectivity index (χ1) is 7.81. The Kier molecular flexibility index (Phi) is 3.00. The SMILES string of the molecule is COc1cc(OC)cc(On2c[c]cc2)c1. The van der Waals surface area contributed by atoms with Gasteiger partial charge in [0.15, 0.2) is 5.75 Å². The van der Waals surface area contributed by atoms with E-state index in [0.29, 0.717) is 17.2 Å². The number of hydrogen-bond acceptors (Lipinski definition) is 3. The molecule has 4 nitrogen and oxygen atoms in total. The molecule has 0 aliphatic heterocycles. The molecule has 0 spiro atoms. The average Bonchev–Trinajstić information content (AvgIpc) is 2.81. The highest BCUT2D eigenvalue weighted by atomic mass is 16.7. The van der Waals surface area contributed by atoms with E-state index in [1.54, 1.807) is 55.6 Å². The largest absolute Gasteiger partial charge is 0.496 e. The highest BCUT2D eigenvalue weighted by Crippen LogP contribution is 2.27. The molecule has 0 aliphatic rings. The number of aromatic nitrogens is 1. The Bertz CT molecular complexity index is 429. The third-order valence-electron chi connectivity index (χ3n) is 2.06. The van der Waals surface area contributed by atoms with Crippen LogP contribution in [-0.4, -0.2) is 19.0 Å². The molecule has 0 saturated heterocycles. The topological polar surface area (TPSA) is 32.6 Å². The van der Waals surface area contributed by atoms with E-state index in [2.05, 4.69) is 6.07 Å². The molecule has 0 atom stereocenters. The predicted molar refractivity (Wildman–Crippen MR) is 58.8 cm³/mol.